The second-order valence-electron chi connectivity index (χ2n) is 3.44. The standard InChI is InChI=1S/C11H15FO3S/c1-2-10-4-6-11(7-5-10)15-8-3-9-16(12,13)14/h4-7H,2-3,8-9H2,1H3. The van der Waals surface area contributed by atoms with Crippen LogP contribution in [0.25, 0.3) is 0 Å². The molecule has 0 saturated heterocycles. The highest BCUT2D eigenvalue weighted by Gasteiger charge is 2.06. The topological polar surface area (TPSA) is 43.4 Å². The maximum Gasteiger partial charge on any atom is 0.302 e. The molecule has 0 aromatic heterocycles. The first-order chi connectivity index (χ1) is 7.51. The van der Waals surface area contributed by atoms with Crippen LogP contribution >= 0.6 is 0 Å². The van der Waals surface area contributed by atoms with Crippen molar-refractivity contribution >= 4 is 10.2 Å². The van der Waals surface area contributed by atoms with Gasteiger partial charge in [0.2, 0.25) is 0 Å². The molecule has 0 radical (unpaired) electrons. The molecule has 0 N–H and O–H groups in total. The third-order valence-electron chi connectivity index (χ3n) is 2.13. The van der Waals surface area contributed by atoms with Crippen LogP contribution in [0.5, 0.6) is 5.75 Å². The highest BCUT2D eigenvalue weighted by molar-refractivity contribution is 7.86. The summed E-state index contributed by atoms with van der Waals surface area (Å²) in [6.45, 7) is 2.26. The van der Waals surface area contributed by atoms with Crippen LogP contribution in [0.1, 0.15) is 18.9 Å². The van der Waals surface area contributed by atoms with Crippen LogP contribution in [-0.2, 0) is 16.6 Å². The first-order valence-corrected chi connectivity index (χ1v) is 6.70. The minimum Gasteiger partial charge on any atom is -0.494 e. The Hall–Kier alpha value is -1.10. The monoisotopic (exact) mass is 246 g/mol. The predicted octanol–water partition coefficient (Wildman–Crippen LogP) is 2.32. The summed E-state index contributed by atoms with van der Waals surface area (Å²) in [5.74, 6) is 0.188. The van der Waals surface area contributed by atoms with Gasteiger partial charge in [0.25, 0.3) is 0 Å². The van der Waals surface area contributed by atoms with Gasteiger partial charge in [0.1, 0.15) is 5.75 Å². The largest absolute Gasteiger partial charge is 0.494 e. The zero-order valence-corrected chi connectivity index (χ0v) is 9.97. The zero-order chi connectivity index (χ0) is 12.0. The van der Waals surface area contributed by atoms with Gasteiger partial charge in [0, 0.05) is 0 Å². The Morgan fingerprint density at radius 2 is 1.88 bits per heavy atom. The Morgan fingerprint density at radius 1 is 1.25 bits per heavy atom. The Morgan fingerprint density at radius 3 is 2.38 bits per heavy atom. The predicted molar refractivity (Wildman–Crippen MR) is 60.8 cm³/mol. The van der Waals surface area contributed by atoms with E-state index in [9.17, 15) is 12.3 Å². The van der Waals surface area contributed by atoms with E-state index in [0.717, 1.165) is 6.42 Å². The molecular formula is C11H15FO3S. The summed E-state index contributed by atoms with van der Waals surface area (Å²) in [5, 5.41) is 0. The van der Waals surface area contributed by atoms with Crippen LogP contribution < -0.4 is 4.74 Å². The van der Waals surface area contributed by atoms with E-state index in [0.29, 0.717) is 5.75 Å². The lowest BCUT2D eigenvalue weighted by Gasteiger charge is -2.05. The lowest BCUT2D eigenvalue weighted by Crippen LogP contribution is -2.05. The summed E-state index contributed by atoms with van der Waals surface area (Å²) in [6, 6.07) is 7.54. The first-order valence-electron chi connectivity index (χ1n) is 5.15. The molecule has 0 saturated carbocycles. The molecular weight excluding hydrogens is 231 g/mol. The SMILES string of the molecule is CCc1ccc(OCCCS(=O)(=O)F)cc1. The Bertz CT molecular complexity index is 411. The third kappa shape index (κ3) is 5.11. The van der Waals surface area contributed by atoms with Gasteiger partial charge in [-0.05, 0) is 30.5 Å². The average molecular weight is 246 g/mol. The van der Waals surface area contributed by atoms with E-state index in [1.807, 2.05) is 24.3 Å². The smallest absolute Gasteiger partial charge is 0.302 e. The van der Waals surface area contributed by atoms with E-state index in [4.69, 9.17) is 4.74 Å². The summed E-state index contributed by atoms with van der Waals surface area (Å²) in [6.07, 6.45) is 1.12. The molecule has 0 bridgehead atoms. The minimum atomic E-state index is -4.37. The molecule has 1 aromatic rings. The molecule has 0 aliphatic carbocycles. The molecule has 1 rings (SSSR count). The molecule has 0 heterocycles. The Kier molecular flexibility index (Phi) is 4.73. The van der Waals surface area contributed by atoms with Gasteiger partial charge >= 0.3 is 10.2 Å². The van der Waals surface area contributed by atoms with Crippen molar-refractivity contribution in [2.45, 2.75) is 19.8 Å². The molecule has 0 atom stereocenters. The van der Waals surface area contributed by atoms with Crippen molar-refractivity contribution in [3.63, 3.8) is 0 Å². The fourth-order valence-corrected chi connectivity index (χ4v) is 1.71. The fraction of sp³-hybridized carbons (Fsp3) is 0.455. The number of hydrogen-bond donors (Lipinski definition) is 0. The third-order valence-corrected chi connectivity index (χ3v) is 2.91. The molecule has 0 aliphatic rings. The van der Waals surface area contributed by atoms with E-state index >= 15 is 0 Å². The molecule has 0 amide bonds. The number of ether oxygens (including phenoxy) is 1. The lowest BCUT2D eigenvalue weighted by atomic mass is 10.2. The summed E-state index contributed by atoms with van der Waals surface area (Å²) < 4.78 is 37.8. The van der Waals surface area contributed by atoms with Crippen LogP contribution in [0.2, 0.25) is 0 Å². The number of halogens is 1. The van der Waals surface area contributed by atoms with Gasteiger partial charge in [0.15, 0.2) is 0 Å². The summed E-state index contributed by atoms with van der Waals surface area (Å²) >= 11 is 0. The number of hydrogen-bond acceptors (Lipinski definition) is 3. The van der Waals surface area contributed by atoms with Crippen LogP contribution in [-0.4, -0.2) is 20.8 Å². The van der Waals surface area contributed by atoms with Crippen molar-refractivity contribution in [2.24, 2.45) is 0 Å². The minimum absolute atomic E-state index is 0.161. The van der Waals surface area contributed by atoms with E-state index in [1.165, 1.54) is 5.56 Å². The molecule has 0 spiro atoms. The van der Waals surface area contributed by atoms with Crippen molar-refractivity contribution in [3.8, 4) is 5.75 Å². The molecule has 0 unspecified atom stereocenters. The van der Waals surface area contributed by atoms with Gasteiger partial charge in [-0.3, -0.25) is 0 Å². The van der Waals surface area contributed by atoms with Gasteiger partial charge in [-0.1, -0.05) is 19.1 Å². The summed E-state index contributed by atoms with van der Waals surface area (Å²) in [4.78, 5) is 0. The van der Waals surface area contributed by atoms with Gasteiger partial charge in [-0.15, -0.1) is 3.89 Å². The number of benzene rings is 1. The highest BCUT2D eigenvalue weighted by Crippen LogP contribution is 2.12. The van der Waals surface area contributed by atoms with Gasteiger partial charge in [-0.2, -0.15) is 8.42 Å². The lowest BCUT2D eigenvalue weighted by molar-refractivity contribution is 0.317. The molecule has 16 heavy (non-hydrogen) atoms. The summed E-state index contributed by atoms with van der Waals surface area (Å²) in [5.41, 5.74) is 1.21. The molecule has 0 fully saturated rings. The molecule has 0 aliphatic heterocycles. The fourth-order valence-electron chi connectivity index (χ4n) is 1.24. The van der Waals surface area contributed by atoms with E-state index in [2.05, 4.69) is 6.92 Å². The second kappa shape index (κ2) is 5.84. The van der Waals surface area contributed by atoms with Crippen LogP contribution in [0.4, 0.5) is 3.89 Å². The second-order valence-corrected chi connectivity index (χ2v) is 4.93. The average Bonchev–Trinajstić information content (AvgIpc) is 2.24. The molecule has 1 aromatic carbocycles. The van der Waals surface area contributed by atoms with E-state index < -0.39 is 16.0 Å². The maximum absolute atomic E-state index is 12.1. The van der Waals surface area contributed by atoms with Gasteiger partial charge in [0.05, 0.1) is 12.4 Å². The van der Waals surface area contributed by atoms with Crippen molar-refractivity contribution < 1.29 is 17.0 Å². The van der Waals surface area contributed by atoms with Crippen LogP contribution in [0.3, 0.4) is 0 Å². The van der Waals surface area contributed by atoms with Gasteiger partial charge < -0.3 is 4.74 Å². The Balaban J connectivity index is 2.32. The molecule has 5 heteroatoms. The van der Waals surface area contributed by atoms with Crippen LogP contribution in [0.15, 0.2) is 24.3 Å². The van der Waals surface area contributed by atoms with E-state index in [-0.39, 0.29) is 13.0 Å². The maximum atomic E-state index is 12.1. The van der Waals surface area contributed by atoms with Crippen molar-refractivity contribution in [1.29, 1.82) is 0 Å². The van der Waals surface area contributed by atoms with Crippen molar-refractivity contribution in [3.05, 3.63) is 29.8 Å². The zero-order valence-electron chi connectivity index (χ0n) is 9.15. The quantitative estimate of drug-likeness (QED) is 0.571. The normalized spacial score (nSPS) is 11.4. The Labute approximate surface area is 95.5 Å². The van der Waals surface area contributed by atoms with E-state index in [1.54, 1.807) is 0 Å². The highest BCUT2D eigenvalue weighted by atomic mass is 32.3. The molecule has 3 nitrogen and oxygen atoms in total. The van der Waals surface area contributed by atoms with Crippen molar-refractivity contribution in [2.75, 3.05) is 12.4 Å². The van der Waals surface area contributed by atoms with Gasteiger partial charge in [-0.25, -0.2) is 0 Å². The van der Waals surface area contributed by atoms with Crippen molar-refractivity contribution in [1.82, 2.24) is 0 Å². The first kappa shape index (κ1) is 13.0. The number of aryl methyl sites for hydroxylation is 1. The summed E-state index contributed by atoms with van der Waals surface area (Å²) in [7, 11) is -4.37. The van der Waals surface area contributed by atoms with Crippen LogP contribution in [0, 0.1) is 0 Å². The number of rotatable bonds is 6. The molecule has 90 valence electrons.